The quantitative estimate of drug-likeness (QED) is 0.836. The van der Waals surface area contributed by atoms with E-state index in [2.05, 4.69) is 39.9 Å². The predicted octanol–water partition coefficient (Wildman–Crippen LogP) is 1.48. The van der Waals surface area contributed by atoms with Crippen LogP contribution in [-0.2, 0) is 9.59 Å². The molecule has 1 fully saturated rings. The Bertz CT molecular complexity index is 353. The van der Waals surface area contributed by atoms with Crippen molar-refractivity contribution in [2.24, 2.45) is 5.92 Å². The first-order valence-electron chi connectivity index (χ1n) is 7.99. The van der Waals surface area contributed by atoms with Crippen molar-refractivity contribution in [1.29, 1.82) is 0 Å². The monoisotopic (exact) mass is 297 g/mol. The molecule has 0 unspecified atom stereocenters. The van der Waals surface area contributed by atoms with Crippen molar-refractivity contribution in [3.63, 3.8) is 0 Å². The summed E-state index contributed by atoms with van der Waals surface area (Å²) in [4.78, 5) is 27.9. The number of nitrogens with one attached hydrogen (secondary N) is 1. The summed E-state index contributed by atoms with van der Waals surface area (Å²) in [6, 6.07) is 0. The zero-order chi connectivity index (χ0) is 16.0. The molecule has 0 atom stereocenters. The Balaban J connectivity index is 2.29. The first-order chi connectivity index (χ1) is 9.69. The van der Waals surface area contributed by atoms with Gasteiger partial charge >= 0.3 is 0 Å². The molecule has 21 heavy (non-hydrogen) atoms. The first kappa shape index (κ1) is 18.0. The normalized spacial score (nSPS) is 16.5. The summed E-state index contributed by atoms with van der Waals surface area (Å²) in [5, 5.41) is 3.33. The van der Waals surface area contributed by atoms with Crippen LogP contribution in [0.4, 0.5) is 0 Å². The summed E-state index contributed by atoms with van der Waals surface area (Å²) < 4.78 is 0. The van der Waals surface area contributed by atoms with Crippen molar-refractivity contribution >= 4 is 11.8 Å². The van der Waals surface area contributed by atoms with Gasteiger partial charge in [-0.25, -0.2) is 0 Å². The lowest BCUT2D eigenvalue weighted by Gasteiger charge is -2.35. The highest BCUT2D eigenvalue weighted by atomic mass is 16.2. The molecule has 0 aromatic heterocycles. The van der Waals surface area contributed by atoms with Crippen molar-refractivity contribution in [3.8, 4) is 0 Å². The lowest BCUT2D eigenvalue weighted by molar-refractivity contribution is -0.140. The molecular formula is C16H31N3O2. The van der Waals surface area contributed by atoms with Gasteiger partial charge in [0.1, 0.15) is 0 Å². The maximum absolute atomic E-state index is 12.1. The average Bonchev–Trinajstić information content (AvgIpc) is 2.36. The lowest BCUT2D eigenvalue weighted by Crippen LogP contribution is -2.51. The number of nitrogens with zero attached hydrogens (tertiary/aromatic N) is 2. The lowest BCUT2D eigenvalue weighted by atomic mass is 10.1. The first-order valence-corrected chi connectivity index (χ1v) is 7.99. The van der Waals surface area contributed by atoms with Crippen molar-refractivity contribution < 1.29 is 9.59 Å². The number of carbonyl (C=O) groups excluding carboxylic acids is 2. The highest BCUT2D eigenvalue weighted by Gasteiger charge is 2.24. The standard InChI is InChI=1S/C16H31N3O2/c1-13(2)12-15(21)19-10-8-18(9-11-19)14(20)6-7-17-16(3,4)5/h13,17H,6-12H2,1-5H3. The number of piperazine rings is 1. The van der Waals surface area contributed by atoms with Crippen molar-refractivity contribution in [2.45, 2.75) is 53.0 Å². The molecule has 2 amide bonds. The van der Waals surface area contributed by atoms with E-state index in [-0.39, 0.29) is 17.4 Å². The van der Waals surface area contributed by atoms with E-state index in [9.17, 15) is 9.59 Å². The number of amides is 2. The van der Waals surface area contributed by atoms with Gasteiger partial charge in [-0.15, -0.1) is 0 Å². The van der Waals surface area contributed by atoms with E-state index in [4.69, 9.17) is 0 Å². The van der Waals surface area contributed by atoms with Gasteiger partial charge in [0.2, 0.25) is 11.8 Å². The molecule has 0 bridgehead atoms. The van der Waals surface area contributed by atoms with Gasteiger partial charge in [0.25, 0.3) is 0 Å². The molecule has 0 aliphatic carbocycles. The number of carbonyl (C=O) groups is 2. The molecule has 5 nitrogen and oxygen atoms in total. The topological polar surface area (TPSA) is 52.7 Å². The largest absolute Gasteiger partial charge is 0.339 e. The van der Waals surface area contributed by atoms with Crippen LogP contribution in [0.5, 0.6) is 0 Å². The second-order valence-corrected chi connectivity index (χ2v) is 7.29. The fourth-order valence-electron chi connectivity index (χ4n) is 2.39. The van der Waals surface area contributed by atoms with E-state index < -0.39 is 0 Å². The minimum absolute atomic E-state index is 0.0439. The Kier molecular flexibility index (Phi) is 6.65. The maximum atomic E-state index is 12.1. The van der Waals surface area contributed by atoms with Crippen molar-refractivity contribution in [3.05, 3.63) is 0 Å². The highest BCUT2D eigenvalue weighted by molar-refractivity contribution is 5.78. The molecule has 0 radical (unpaired) electrons. The Morgan fingerprint density at radius 1 is 1.00 bits per heavy atom. The molecule has 1 aliphatic heterocycles. The molecule has 5 heteroatoms. The average molecular weight is 297 g/mol. The fourth-order valence-corrected chi connectivity index (χ4v) is 2.39. The van der Waals surface area contributed by atoms with Gasteiger partial charge in [-0.05, 0) is 26.7 Å². The number of hydrogen-bond acceptors (Lipinski definition) is 3. The van der Waals surface area contributed by atoms with Crippen LogP contribution in [0.15, 0.2) is 0 Å². The number of hydrogen-bond donors (Lipinski definition) is 1. The molecule has 0 saturated carbocycles. The van der Waals surface area contributed by atoms with Gasteiger partial charge in [0.15, 0.2) is 0 Å². The van der Waals surface area contributed by atoms with Gasteiger partial charge in [-0.2, -0.15) is 0 Å². The van der Waals surface area contributed by atoms with E-state index in [1.165, 1.54) is 0 Å². The van der Waals surface area contributed by atoms with Gasteiger partial charge in [0, 0.05) is 51.1 Å². The molecular weight excluding hydrogens is 266 g/mol. The van der Waals surface area contributed by atoms with Crippen LogP contribution in [0.3, 0.4) is 0 Å². The summed E-state index contributed by atoms with van der Waals surface area (Å²) in [7, 11) is 0. The molecule has 1 saturated heterocycles. The summed E-state index contributed by atoms with van der Waals surface area (Å²) in [6.07, 6.45) is 1.13. The third-order valence-corrected chi connectivity index (χ3v) is 3.56. The van der Waals surface area contributed by atoms with Crippen LogP contribution in [0.25, 0.3) is 0 Å². The molecule has 122 valence electrons. The SMILES string of the molecule is CC(C)CC(=O)N1CCN(C(=O)CCNC(C)(C)C)CC1. The summed E-state index contributed by atoms with van der Waals surface area (Å²) in [6.45, 7) is 13.8. The van der Waals surface area contributed by atoms with Crippen molar-refractivity contribution in [1.82, 2.24) is 15.1 Å². The smallest absolute Gasteiger partial charge is 0.223 e. The van der Waals surface area contributed by atoms with Crippen LogP contribution in [0, 0.1) is 5.92 Å². The molecule has 1 heterocycles. The predicted molar refractivity (Wildman–Crippen MR) is 85.0 cm³/mol. The molecule has 0 aromatic rings. The Labute approximate surface area is 129 Å². The van der Waals surface area contributed by atoms with Gasteiger partial charge < -0.3 is 15.1 Å². The van der Waals surface area contributed by atoms with Crippen LogP contribution in [-0.4, -0.2) is 59.9 Å². The summed E-state index contributed by atoms with van der Waals surface area (Å²) in [5.74, 6) is 0.787. The Morgan fingerprint density at radius 3 is 1.90 bits per heavy atom. The fraction of sp³-hybridized carbons (Fsp3) is 0.875. The maximum Gasteiger partial charge on any atom is 0.223 e. The minimum atomic E-state index is 0.0439. The van der Waals surface area contributed by atoms with Gasteiger partial charge in [0.05, 0.1) is 0 Å². The van der Waals surface area contributed by atoms with E-state index in [0.29, 0.717) is 51.5 Å². The minimum Gasteiger partial charge on any atom is -0.339 e. The molecule has 1 N–H and O–H groups in total. The Morgan fingerprint density at radius 2 is 1.48 bits per heavy atom. The van der Waals surface area contributed by atoms with Crippen LogP contribution in [0.1, 0.15) is 47.5 Å². The van der Waals surface area contributed by atoms with Gasteiger partial charge in [-0.1, -0.05) is 13.8 Å². The van der Waals surface area contributed by atoms with E-state index in [1.807, 2.05) is 9.80 Å². The second-order valence-electron chi connectivity index (χ2n) is 7.29. The zero-order valence-corrected chi connectivity index (χ0v) is 14.2. The van der Waals surface area contributed by atoms with E-state index in [0.717, 1.165) is 0 Å². The summed E-state index contributed by atoms with van der Waals surface area (Å²) in [5.41, 5.74) is 0.0439. The zero-order valence-electron chi connectivity index (χ0n) is 14.2. The third kappa shape index (κ3) is 6.93. The third-order valence-electron chi connectivity index (χ3n) is 3.56. The molecule has 0 aromatic carbocycles. The van der Waals surface area contributed by atoms with Crippen LogP contribution >= 0.6 is 0 Å². The van der Waals surface area contributed by atoms with Crippen LogP contribution in [0.2, 0.25) is 0 Å². The van der Waals surface area contributed by atoms with E-state index in [1.54, 1.807) is 0 Å². The van der Waals surface area contributed by atoms with Crippen LogP contribution < -0.4 is 5.32 Å². The number of rotatable bonds is 5. The summed E-state index contributed by atoms with van der Waals surface area (Å²) >= 11 is 0. The Hall–Kier alpha value is -1.10. The van der Waals surface area contributed by atoms with Gasteiger partial charge in [-0.3, -0.25) is 9.59 Å². The van der Waals surface area contributed by atoms with Crippen molar-refractivity contribution in [2.75, 3.05) is 32.7 Å². The molecule has 1 aliphatic rings. The molecule has 0 spiro atoms. The highest BCUT2D eigenvalue weighted by Crippen LogP contribution is 2.09. The molecule has 1 rings (SSSR count). The second kappa shape index (κ2) is 7.78. The van der Waals surface area contributed by atoms with E-state index >= 15 is 0 Å².